The number of carboxylic acid groups (broad SMARTS) is 1. The van der Waals surface area contributed by atoms with E-state index in [1.807, 2.05) is 0 Å². The van der Waals surface area contributed by atoms with Gasteiger partial charge in [0.1, 0.15) is 0 Å². The fourth-order valence-electron chi connectivity index (χ4n) is 3.16. The number of hydrogen-bond acceptors (Lipinski definition) is 3. The average Bonchev–Trinajstić information content (AvgIpc) is 2.62. The summed E-state index contributed by atoms with van der Waals surface area (Å²) in [4.78, 5) is 35.7. The molecule has 2 atom stereocenters. The average molecular weight is 346 g/mol. The molecule has 0 aromatic heterocycles. The molecule has 136 valence electrons. The van der Waals surface area contributed by atoms with Crippen LogP contribution in [0.25, 0.3) is 0 Å². The molecule has 1 aromatic rings. The Labute approximate surface area is 148 Å². The Bertz CT molecular complexity index is 612. The molecule has 0 aliphatic heterocycles. The zero-order valence-corrected chi connectivity index (χ0v) is 14.6. The van der Waals surface area contributed by atoms with Gasteiger partial charge in [0, 0.05) is 17.8 Å². The molecule has 6 heteroatoms. The molecule has 1 aromatic carbocycles. The molecule has 0 radical (unpaired) electrons. The maximum atomic E-state index is 12.4. The first-order valence-electron chi connectivity index (χ1n) is 8.95. The first-order chi connectivity index (χ1) is 12.0. The standard InChI is InChI=1S/C19H26N2O4/c1-2-3-12-20-17(22)13-8-10-14(11-9-13)21-18(23)15-6-4-5-7-16(15)19(24)25/h8-11,15-16H,2-7,12H2,1H3,(H,20,22)(H,21,23)(H,24,25)/t15-,16-/m0/s1. The molecule has 25 heavy (non-hydrogen) atoms. The number of unbranched alkanes of at least 4 members (excludes halogenated alkanes) is 1. The Balaban J connectivity index is 1.94. The summed E-state index contributed by atoms with van der Waals surface area (Å²) in [6.07, 6.45) is 4.82. The van der Waals surface area contributed by atoms with Crippen LogP contribution in [-0.4, -0.2) is 29.4 Å². The van der Waals surface area contributed by atoms with Crippen molar-refractivity contribution in [1.82, 2.24) is 5.32 Å². The predicted octanol–water partition coefficient (Wildman–Crippen LogP) is 3.05. The lowest BCUT2D eigenvalue weighted by Gasteiger charge is -2.27. The van der Waals surface area contributed by atoms with Crippen LogP contribution in [0.15, 0.2) is 24.3 Å². The summed E-state index contributed by atoms with van der Waals surface area (Å²) in [5, 5.41) is 14.9. The van der Waals surface area contributed by atoms with E-state index in [1.165, 1.54) is 0 Å². The summed E-state index contributed by atoms with van der Waals surface area (Å²) < 4.78 is 0. The lowest BCUT2D eigenvalue weighted by molar-refractivity contribution is -0.147. The van der Waals surface area contributed by atoms with Gasteiger partial charge in [-0.1, -0.05) is 26.2 Å². The van der Waals surface area contributed by atoms with E-state index in [0.29, 0.717) is 30.6 Å². The molecule has 0 heterocycles. The Morgan fingerprint density at radius 3 is 2.32 bits per heavy atom. The summed E-state index contributed by atoms with van der Waals surface area (Å²) in [6.45, 7) is 2.71. The SMILES string of the molecule is CCCCNC(=O)c1ccc(NC(=O)[C@H]2CCCC[C@@H]2C(=O)O)cc1. The van der Waals surface area contributed by atoms with Crippen molar-refractivity contribution < 1.29 is 19.5 Å². The van der Waals surface area contributed by atoms with Gasteiger partial charge in [0.15, 0.2) is 0 Å². The Kier molecular flexibility index (Phi) is 6.98. The van der Waals surface area contributed by atoms with Crippen LogP contribution in [0, 0.1) is 11.8 Å². The number of aliphatic carboxylic acids is 1. The van der Waals surface area contributed by atoms with E-state index in [-0.39, 0.29) is 11.8 Å². The van der Waals surface area contributed by atoms with Gasteiger partial charge in [0.25, 0.3) is 5.91 Å². The lowest BCUT2D eigenvalue weighted by Crippen LogP contribution is -2.36. The zero-order chi connectivity index (χ0) is 18.2. The largest absolute Gasteiger partial charge is 0.481 e. The minimum absolute atomic E-state index is 0.135. The highest BCUT2D eigenvalue weighted by Crippen LogP contribution is 2.31. The quantitative estimate of drug-likeness (QED) is 0.661. The molecule has 0 spiro atoms. The summed E-state index contributed by atoms with van der Waals surface area (Å²) in [5.41, 5.74) is 1.11. The molecule has 3 N–H and O–H groups in total. The maximum Gasteiger partial charge on any atom is 0.307 e. The van der Waals surface area contributed by atoms with Crippen LogP contribution in [0.2, 0.25) is 0 Å². The second-order valence-corrected chi connectivity index (χ2v) is 6.51. The maximum absolute atomic E-state index is 12.4. The number of carboxylic acids is 1. The monoisotopic (exact) mass is 346 g/mol. The van der Waals surface area contributed by atoms with Gasteiger partial charge in [0.05, 0.1) is 11.8 Å². The van der Waals surface area contributed by atoms with Crippen molar-refractivity contribution >= 4 is 23.5 Å². The molecule has 1 saturated carbocycles. The molecule has 2 amide bonds. The number of anilines is 1. The number of rotatable bonds is 7. The van der Waals surface area contributed by atoms with Gasteiger partial charge >= 0.3 is 5.97 Å². The predicted molar refractivity (Wildman–Crippen MR) is 95.4 cm³/mol. The van der Waals surface area contributed by atoms with Crippen LogP contribution in [0.5, 0.6) is 0 Å². The van der Waals surface area contributed by atoms with E-state index in [4.69, 9.17) is 0 Å². The van der Waals surface area contributed by atoms with Crippen molar-refractivity contribution in [2.45, 2.75) is 45.4 Å². The molecule has 1 fully saturated rings. The van der Waals surface area contributed by atoms with Crippen molar-refractivity contribution in [1.29, 1.82) is 0 Å². The normalized spacial score (nSPS) is 19.9. The summed E-state index contributed by atoms with van der Waals surface area (Å²) >= 11 is 0. The van der Waals surface area contributed by atoms with Crippen LogP contribution in [0.1, 0.15) is 55.8 Å². The van der Waals surface area contributed by atoms with E-state index >= 15 is 0 Å². The molecule has 0 unspecified atom stereocenters. The van der Waals surface area contributed by atoms with E-state index in [9.17, 15) is 19.5 Å². The highest BCUT2D eigenvalue weighted by molar-refractivity contribution is 5.97. The lowest BCUT2D eigenvalue weighted by atomic mass is 9.78. The third-order valence-electron chi connectivity index (χ3n) is 4.65. The van der Waals surface area contributed by atoms with E-state index < -0.39 is 17.8 Å². The topological polar surface area (TPSA) is 95.5 Å². The third kappa shape index (κ3) is 5.31. The van der Waals surface area contributed by atoms with Gasteiger partial charge in [0.2, 0.25) is 5.91 Å². The molecule has 0 bridgehead atoms. The molecule has 1 aliphatic rings. The van der Waals surface area contributed by atoms with Gasteiger partial charge in [-0.3, -0.25) is 14.4 Å². The number of hydrogen-bond donors (Lipinski definition) is 3. The van der Waals surface area contributed by atoms with E-state index in [1.54, 1.807) is 24.3 Å². The number of carbonyl (C=O) groups excluding carboxylic acids is 2. The summed E-state index contributed by atoms with van der Waals surface area (Å²) in [6, 6.07) is 6.66. The van der Waals surface area contributed by atoms with Crippen LogP contribution in [-0.2, 0) is 9.59 Å². The van der Waals surface area contributed by atoms with Crippen LogP contribution < -0.4 is 10.6 Å². The molecule has 2 rings (SSSR count). The number of benzene rings is 1. The highest BCUT2D eigenvalue weighted by Gasteiger charge is 2.35. The fourth-order valence-corrected chi connectivity index (χ4v) is 3.16. The summed E-state index contributed by atoms with van der Waals surface area (Å²) in [7, 11) is 0. The van der Waals surface area contributed by atoms with E-state index in [2.05, 4.69) is 17.6 Å². The first kappa shape index (κ1) is 19.0. The molecular weight excluding hydrogens is 320 g/mol. The smallest absolute Gasteiger partial charge is 0.307 e. The Morgan fingerprint density at radius 1 is 1.08 bits per heavy atom. The third-order valence-corrected chi connectivity index (χ3v) is 4.65. The van der Waals surface area contributed by atoms with Gasteiger partial charge in [-0.25, -0.2) is 0 Å². The minimum atomic E-state index is -0.904. The summed E-state index contributed by atoms with van der Waals surface area (Å²) in [5.74, 6) is -2.41. The van der Waals surface area contributed by atoms with Crippen molar-refractivity contribution in [2.24, 2.45) is 11.8 Å². The van der Waals surface area contributed by atoms with E-state index in [0.717, 1.165) is 25.7 Å². The van der Waals surface area contributed by atoms with Crippen molar-refractivity contribution in [2.75, 3.05) is 11.9 Å². The number of amides is 2. The van der Waals surface area contributed by atoms with Gasteiger partial charge < -0.3 is 15.7 Å². The van der Waals surface area contributed by atoms with Crippen molar-refractivity contribution in [3.8, 4) is 0 Å². The Hall–Kier alpha value is -2.37. The molecule has 1 aliphatic carbocycles. The fraction of sp³-hybridized carbons (Fsp3) is 0.526. The zero-order valence-electron chi connectivity index (χ0n) is 14.6. The second kappa shape index (κ2) is 9.20. The number of nitrogens with one attached hydrogen (secondary N) is 2. The molecule has 6 nitrogen and oxygen atoms in total. The highest BCUT2D eigenvalue weighted by atomic mass is 16.4. The van der Waals surface area contributed by atoms with Crippen molar-refractivity contribution in [3.63, 3.8) is 0 Å². The van der Waals surface area contributed by atoms with Crippen molar-refractivity contribution in [3.05, 3.63) is 29.8 Å². The first-order valence-corrected chi connectivity index (χ1v) is 8.95. The molecular formula is C19H26N2O4. The van der Waals surface area contributed by atoms with Gasteiger partial charge in [-0.2, -0.15) is 0 Å². The van der Waals surface area contributed by atoms with Crippen LogP contribution in [0.3, 0.4) is 0 Å². The van der Waals surface area contributed by atoms with Crippen LogP contribution >= 0.6 is 0 Å². The molecule has 0 saturated heterocycles. The van der Waals surface area contributed by atoms with Gasteiger partial charge in [-0.05, 0) is 43.5 Å². The Morgan fingerprint density at radius 2 is 1.72 bits per heavy atom. The minimum Gasteiger partial charge on any atom is -0.481 e. The van der Waals surface area contributed by atoms with Gasteiger partial charge in [-0.15, -0.1) is 0 Å². The second-order valence-electron chi connectivity index (χ2n) is 6.51. The number of carbonyl (C=O) groups is 3. The van der Waals surface area contributed by atoms with Crippen LogP contribution in [0.4, 0.5) is 5.69 Å².